The van der Waals surface area contributed by atoms with E-state index in [9.17, 15) is 0 Å². The van der Waals surface area contributed by atoms with Crippen LogP contribution < -0.4 is 30.8 Å². The molecule has 0 aromatic heterocycles. The van der Waals surface area contributed by atoms with Crippen molar-refractivity contribution < 1.29 is 9.47 Å². The maximum Gasteiger partial charge on any atom is 0.260 e. The highest BCUT2D eigenvalue weighted by atomic mass is 16.5. The molecule has 4 heteroatoms. The van der Waals surface area contributed by atoms with Crippen LogP contribution in [0.4, 0.5) is 17.1 Å². The number of hydrogen-bond donors (Lipinski definition) is 0. The first-order chi connectivity index (χ1) is 23.6. The summed E-state index contributed by atoms with van der Waals surface area (Å²) in [6.45, 7) is 4.29. The van der Waals surface area contributed by atoms with E-state index < -0.39 is 0 Å². The second kappa shape index (κ2) is 11.4. The van der Waals surface area contributed by atoms with Crippen molar-refractivity contribution in [2.75, 3.05) is 4.90 Å². The fraction of sp³-hybridized carbons (Fsp3) is 0.0455. The molecule has 2 heterocycles. The predicted molar refractivity (Wildman–Crippen MR) is 199 cm³/mol. The summed E-state index contributed by atoms with van der Waals surface area (Å²) in [6.07, 6.45) is 0. The second-order valence-corrected chi connectivity index (χ2v) is 12.6. The van der Waals surface area contributed by atoms with Crippen molar-refractivity contribution in [1.82, 2.24) is 0 Å². The molecule has 0 N–H and O–H groups in total. The average molecular weight is 618 g/mol. The molecule has 0 fully saturated rings. The van der Waals surface area contributed by atoms with Crippen LogP contribution in [0.5, 0.6) is 23.0 Å². The number of ether oxygens (including phenoxy) is 2. The molecule has 7 aromatic carbocycles. The molecule has 0 radical (unpaired) electrons. The van der Waals surface area contributed by atoms with Gasteiger partial charge in [-0.1, -0.05) is 109 Å². The summed E-state index contributed by atoms with van der Waals surface area (Å²) >= 11 is 0. The molecule has 2 aliphatic heterocycles. The molecule has 3 nitrogen and oxygen atoms in total. The third-order valence-corrected chi connectivity index (χ3v) is 9.67. The molecule has 0 atom stereocenters. The zero-order chi connectivity index (χ0) is 32.2. The van der Waals surface area contributed by atoms with Crippen LogP contribution in [0.2, 0.25) is 0 Å². The normalized spacial score (nSPS) is 12.2. The Morgan fingerprint density at radius 3 is 1.31 bits per heavy atom. The van der Waals surface area contributed by atoms with Crippen molar-refractivity contribution >= 4 is 40.2 Å². The molecule has 0 aliphatic carbocycles. The quantitative estimate of drug-likeness (QED) is 0.180. The Labute approximate surface area is 281 Å². The van der Waals surface area contributed by atoms with E-state index in [4.69, 9.17) is 9.47 Å². The van der Waals surface area contributed by atoms with Gasteiger partial charge in [-0.25, -0.2) is 0 Å². The van der Waals surface area contributed by atoms with Gasteiger partial charge >= 0.3 is 0 Å². The standard InChI is InChI=1S/C44H32BNO2/c1-29-13-9-11-19-36(29)31-21-23-38-40(25-31)47-42-27-35(46(33-15-5-3-6-16-33)34-17-7-4-8-18-34)28-43-44(42)45(38)39-24-22-32(26-41(39)48-43)37-20-12-10-14-30(37)2/h3-28H,1-2H3. The van der Waals surface area contributed by atoms with Crippen LogP contribution in [0, 0.1) is 13.8 Å². The third kappa shape index (κ3) is 4.68. The number of aryl methyl sites for hydroxylation is 2. The lowest BCUT2D eigenvalue weighted by Crippen LogP contribution is -2.57. The molecule has 0 spiro atoms. The van der Waals surface area contributed by atoms with Crippen molar-refractivity contribution in [3.05, 3.63) is 169 Å². The van der Waals surface area contributed by atoms with Gasteiger partial charge in [-0.2, -0.15) is 0 Å². The fourth-order valence-electron chi connectivity index (χ4n) is 7.34. The summed E-state index contributed by atoms with van der Waals surface area (Å²) in [5.74, 6) is 3.37. The van der Waals surface area contributed by atoms with E-state index in [-0.39, 0.29) is 6.71 Å². The van der Waals surface area contributed by atoms with Crippen molar-refractivity contribution in [3.8, 4) is 45.3 Å². The predicted octanol–water partition coefficient (Wildman–Crippen LogP) is 9.83. The molecule has 0 saturated heterocycles. The summed E-state index contributed by atoms with van der Waals surface area (Å²) in [6, 6.07) is 55.7. The Bertz CT molecular complexity index is 2170. The Balaban J connectivity index is 1.26. The van der Waals surface area contributed by atoms with Gasteiger partial charge in [-0.15, -0.1) is 0 Å². The van der Waals surface area contributed by atoms with Crippen LogP contribution in [0.25, 0.3) is 22.3 Å². The maximum absolute atomic E-state index is 6.91. The molecule has 228 valence electrons. The molecular formula is C44H32BNO2. The van der Waals surface area contributed by atoms with Crippen molar-refractivity contribution in [2.45, 2.75) is 13.8 Å². The first-order valence-electron chi connectivity index (χ1n) is 16.5. The van der Waals surface area contributed by atoms with Crippen molar-refractivity contribution in [2.24, 2.45) is 0 Å². The number of benzene rings is 7. The minimum atomic E-state index is -0.0321. The summed E-state index contributed by atoms with van der Waals surface area (Å²) in [5.41, 5.74) is 13.6. The molecule has 9 rings (SSSR count). The summed E-state index contributed by atoms with van der Waals surface area (Å²) in [5, 5.41) is 0. The number of nitrogens with zero attached hydrogens (tertiary/aromatic N) is 1. The van der Waals surface area contributed by atoms with E-state index in [1.165, 1.54) is 22.3 Å². The molecule has 7 aromatic rings. The summed E-state index contributed by atoms with van der Waals surface area (Å²) < 4.78 is 13.8. The highest BCUT2D eigenvalue weighted by Crippen LogP contribution is 2.43. The Morgan fingerprint density at radius 2 is 0.854 bits per heavy atom. The number of fused-ring (bicyclic) bond motifs is 4. The van der Waals surface area contributed by atoms with Crippen molar-refractivity contribution in [1.29, 1.82) is 0 Å². The highest BCUT2D eigenvalue weighted by Gasteiger charge is 2.41. The molecule has 0 saturated carbocycles. The van der Waals surface area contributed by atoms with Gasteiger partial charge in [-0.05, 0) is 94.6 Å². The van der Waals surface area contributed by atoms with E-state index in [2.05, 4.69) is 164 Å². The van der Waals surface area contributed by atoms with Crippen LogP contribution >= 0.6 is 0 Å². The Morgan fingerprint density at radius 1 is 0.417 bits per heavy atom. The van der Waals surface area contributed by atoms with Crippen LogP contribution in [0.1, 0.15) is 11.1 Å². The minimum absolute atomic E-state index is 0.0321. The second-order valence-electron chi connectivity index (χ2n) is 12.6. The number of rotatable bonds is 5. The minimum Gasteiger partial charge on any atom is -0.458 e. The van der Waals surface area contributed by atoms with Gasteiger partial charge in [0.1, 0.15) is 23.0 Å². The SMILES string of the molecule is Cc1ccccc1-c1ccc2c(c1)Oc1cc(N(c3ccccc3)c3ccccc3)cc3c1B2c1ccc(-c2ccccc2C)cc1O3. The highest BCUT2D eigenvalue weighted by molar-refractivity contribution is 6.98. The molecule has 0 bridgehead atoms. The van der Waals surface area contributed by atoms with Gasteiger partial charge in [0.05, 0.1) is 5.69 Å². The topological polar surface area (TPSA) is 21.7 Å². The molecular weight excluding hydrogens is 585 g/mol. The van der Waals surface area contributed by atoms with Gasteiger partial charge in [-0.3, -0.25) is 0 Å². The van der Waals surface area contributed by atoms with Crippen LogP contribution in [-0.2, 0) is 0 Å². The van der Waals surface area contributed by atoms with E-state index in [1.54, 1.807) is 0 Å². The first kappa shape index (κ1) is 28.2. The molecule has 0 unspecified atom stereocenters. The van der Waals surface area contributed by atoms with Gasteiger partial charge < -0.3 is 14.4 Å². The summed E-state index contributed by atoms with van der Waals surface area (Å²) in [4.78, 5) is 2.26. The molecule has 48 heavy (non-hydrogen) atoms. The summed E-state index contributed by atoms with van der Waals surface area (Å²) in [7, 11) is 0. The van der Waals surface area contributed by atoms with Crippen LogP contribution in [0.3, 0.4) is 0 Å². The fourth-order valence-corrected chi connectivity index (χ4v) is 7.34. The zero-order valence-electron chi connectivity index (χ0n) is 26.9. The Kier molecular flexibility index (Phi) is 6.68. The maximum atomic E-state index is 6.91. The van der Waals surface area contributed by atoms with Gasteiger partial charge in [0.2, 0.25) is 0 Å². The largest absolute Gasteiger partial charge is 0.458 e. The van der Waals surface area contributed by atoms with E-state index >= 15 is 0 Å². The molecule has 2 aliphatic rings. The smallest absolute Gasteiger partial charge is 0.260 e. The first-order valence-corrected chi connectivity index (χ1v) is 16.5. The lowest BCUT2D eigenvalue weighted by atomic mass is 9.34. The van der Waals surface area contributed by atoms with Crippen LogP contribution in [0.15, 0.2) is 158 Å². The van der Waals surface area contributed by atoms with E-state index in [0.29, 0.717) is 0 Å². The molecule has 0 amide bonds. The lowest BCUT2D eigenvalue weighted by molar-refractivity contribution is 0.465. The average Bonchev–Trinajstić information content (AvgIpc) is 3.12. The lowest BCUT2D eigenvalue weighted by Gasteiger charge is -2.35. The third-order valence-electron chi connectivity index (χ3n) is 9.67. The van der Waals surface area contributed by atoms with Gasteiger partial charge in [0.15, 0.2) is 0 Å². The monoisotopic (exact) mass is 617 g/mol. The number of anilines is 3. The Hall–Kier alpha value is -6.00. The van der Waals surface area contributed by atoms with Gasteiger partial charge in [0.25, 0.3) is 6.71 Å². The van der Waals surface area contributed by atoms with Gasteiger partial charge in [0, 0.05) is 29.0 Å². The zero-order valence-corrected chi connectivity index (χ0v) is 26.9. The van der Waals surface area contributed by atoms with E-state index in [1.807, 2.05) is 12.1 Å². The van der Waals surface area contributed by atoms with Crippen molar-refractivity contribution in [3.63, 3.8) is 0 Å². The number of hydrogen-bond acceptors (Lipinski definition) is 3. The number of para-hydroxylation sites is 2. The van der Waals surface area contributed by atoms with E-state index in [0.717, 1.165) is 67.6 Å². The van der Waals surface area contributed by atoms with Crippen LogP contribution in [-0.4, -0.2) is 6.71 Å².